The van der Waals surface area contributed by atoms with E-state index in [9.17, 15) is 0 Å². The number of amidine groups is 1. The molecule has 0 saturated heterocycles. The van der Waals surface area contributed by atoms with Crippen LogP contribution >= 0.6 is 11.8 Å². The van der Waals surface area contributed by atoms with Gasteiger partial charge in [-0.3, -0.25) is 4.99 Å². The van der Waals surface area contributed by atoms with Crippen LogP contribution in [0.15, 0.2) is 4.99 Å². The van der Waals surface area contributed by atoms with Crippen molar-refractivity contribution in [2.45, 2.75) is 110 Å². The Kier molecular flexibility index (Phi) is 16.1. The number of thioether (sulfide) groups is 1. The molecule has 0 amide bonds. The van der Waals surface area contributed by atoms with Crippen molar-refractivity contribution >= 4 is 16.9 Å². The Morgan fingerprint density at radius 1 is 0.750 bits per heavy atom. The molecule has 0 spiro atoms. The number of hydrogen-bond acceptors (Lipinski definition) is 3. The molecule has 0 aromatic heterocycles. The van der Waals surface area contributed by atoms with E-state index in [0.717, 1.165) is 13.1 Å². The Morgan fingerprint density at radius 2 is 1.29 bits per heavy atom. The molecule has 1 heterocycles. The summed E-state index contributed by atoms with van der Waals surface area (Å²) >= 11 is 1.93. The van der Waals surface area contributed by atoms with Gasteiger partial charge in [0, 0.05) is 18.8 Å². The van der Waals surface area contributed by atoms with E-state index in [0.29, 0.717) is 0 Å². The summed E-state index contributed by atoms with van der Waals surface area (Å²) < 4.78 is 0. The lowest BCUT2D eigenvalue weighted by Crippen LogP contribution is -2.20. The van der Waals surface area contributed by atoms with Gasteiger partial charge in [0.05, 0.1) is 0 Å². The van der Waals surface area contributed by atoms with E-state index in [4.69, 9.17) is 0 Å². The average molecular weight is 355 g/mol. The molecule has 0 aliphatic carbocycles. The van der Waals surface area contributed by atoms with Crippen LogP contribution in [-0.4, -0.2) is 24.0 Å². The third-order valence-electron chi connectivity index (χ3n) is 4.85. The Morgan fingerprint density at radius 3 is 1.88 bits per heavy atom. The highest BCUT2D eigenvalue weighted by molar-refractivity contribution is 8.13. The van der Waals surface area contributed by atoms with Gasteiger partial charge in [-0.15, -0.1) is 0 Å². The van der Waals surface area contributed by atoms with E-state index in [1.54, 1.807) is 0 Å². The van der Waals surface area contributed by atoms with E-state index in [1.165, 1.54) is 114 Å². The van der Waals surface area contributed by atoms with Crippen molar-refractivity contribution in [3.63, 3.8) is 0 Å². The summed E-state index contributed by atoms with van der Waals surface area (Å²) in [6, 6.07) is 0. The minimum absolute atomic E-state index is 1.02. The molecule has 0 aromatic rings. The minimum atomic E-state index is 1.02. The zero-order valence-electron chi connectivity index (χ0n) is 16.3. The first-order valence-electron chi connectivity index (χ1n) is 10.8. The predicted octanol–water partition coefficient (Wildman–Crippen LogP) is 6.94. The minimum Gasteiger partial charge on any atom is -0.365 e. The van der Waals surface area contributed by atoms with Crippen molar-refractivity contribution in [3.8, 4) is 0 Å². The third-order valence-corrected chi connectivity index (χ3v) is 5.89. The Hall–Kier alpha value is -0.180. The van der Waals surface area contributed by atoms with Crippen molar-refractivity contribution < 1.29 is 0 Å². The van der Waals surface area contributed by atoms with Gasteiger partial charge >= 0.3 is 0 Å². The Balaban J connectivity index is 1.72. The molecular weight excluding hydrogens is 312 g/mol. The topological polar surface area (TPSA) is 24.4 Å². The van der Waals surface area contributed by atoms with Crippen LogP contribution < -0.4 is 5.32 Å². The van der Waals surface area contributed by atoms with Gasteiger partial charge in [0.15, 0.2) is 5.17 Å². The van der Waals surface area contributed by atoms with Gasteiger partial charge in [0.1, 0.15) is 0 Å². The maximum atomic E-state index is 4.60. The number of nitrogens with zero attached hydrogens (tertiary/aromatic N) is 1. The standard InChI is InChI=1S/C21H42N2S/c1-2-3-4-5-6-7-8-9-10-11-12-13-14-17-20-24-21-22-18-15-16-19-23-21/h2-20H2,1H3,(H,22,23). The highest BCUT2D eigenvalue weighted by Gasteiger charge is 2.03. The summed E-state index contributed by atoms with van der Waals surface area (Å²) in [7, 11) is 0. The maximum Gasteiger partial charge on any atom is 0.156 e. The van der Waals surface area contributed by atoms with Gasteiger partial charge in [0.2, 0.25) is 0 Å². The number of rotatable bonds is 15. The van der Waals surface area contributed by atoms with E-state index < -0.39 is 0 Å². The number of nitrogens with one attached hydrogen (secondary N) is 1. The number of unbranched alkanes of at least 4 members (excludes halogenated alkanes) is 13. The van der Waals surface area contributed by atoms with Crippen LogP contribution in [0.1, 0.15) is 110 Å². The molecule has 0 fully saturated rings. The molecule has 24 heavy (non-hydrogen) atoms. The van der Waals surface area contributed by atoms with Crippen LogP contribution in [0, 0.1) is 0 Å². The van der Waals surface area contributed by atoms with E-state index in [-0.39, 0.29) is 0 Å². The van der Waals surface area contributed by atoms with Crippen LogP contribution in [0.3, 0.4) is 0 Å². The molecular formula is C21H42N2S. The molecule has 142 valence electrons. The quantitative estimate of drug-likeness (QED) is 0.322. The van der Waals surface area contributed by atoms with Crippen molar-refractivity contribution in [1.29, 1.82) is 0 Å². The summed E-state index contributed by atoms with van der Waals surface area (Å²) in [4.78, 5) is 4.60. The van der Waals surface area contributed by atoms with E-state index >= 15 is 0 Å². The van der Waals surface area contributed by atoms with Crippen LogP contribution in [0.2, 0.25) is 0 Å². The van der Waals surface area contributed by atoms with E-state index in [2.05, 4.69) is 17.2 Å². The fourth-order valence-electron chi connectivity index (χ4n) is 3.23. The molecule has 0 saturated carbocycles. The van der Waals surface area contributed by atoms with Gasteiger partial charge in [-0.25, -0.2) is 0 Å². The van der Waals surface area contributed by atoms with E-state index in [1.807, 2.05) is 11.8 Å². The summed E-state index contributed by atoms with van der Waals surface area (Å²) in [6.07, 6.45) is 22.7. The first-order chi connectivity index (χ1) is 11.9. The number of hydrogen-bond donors (Lipinski definition) is 1. The fourth-order valence-corrected chi connectivity index (χ4v) is 4.16. The second-order valence-corrected chi connectivity index (χ2v) is 8.35. The monoisotopic (exact) mass is 354 g/mol. The molecule has 0 radical (unpaired) electrons. The highest BCUT2D eigenvalue weighted by Crippen LogP contribution is 2.14. The lowest BCUT2D eigenvalue weighted by Gasteiger charge is -2.06. The molecule has 1 aliphatic rings. The molecule has 0 unspecified atom stereocenters. The SMILES string of the molecule is CCCCCCCCCCCCCCCCSC1=NCCCCN1. The predicted molar refractivity (Wildman–Crippen MR) is 112 cm³/mol. The zero-order valence-corrected chi connectivity index (χ0v) is 17.1. The maximum absolute atomic E-state index is 4.60. The second kappa shape index (κ2) is 17.6. The Labute approximate surface area is 156 Å². The van der Waals surface area contributed by atoms with Gasteiger partial charge in [0.25, 0.3) is 0 Å². The zero-order chi connectivity index (χ0) is 17.1. The molecule has 0 bridgehead atoms. The van der Waals surface area contributed by atoms with Gasteiger partial charge in [-0.1, -0.05) is 102 Å². The summed E-state index contributed by atoms with van der Waals surface area (Å²) in [5, 5.41) is 4.64. The van der Waals surface area contributed by atoms with Crippen molar-refractivity contribution in [2.75, 3.05) is 18.8 Å². The summed E-state index contributed by atoms with van der Waals surface area (Å²) in [6.45, 7) is 4.43. The fraction of sp³-hybridized carbons (Fsp3) is 0.952. The molecule has 0 aromatic carbocycles. The molecule has 1 rings (SSSR count). The third kappa shape index (κ3) is 14.2. The lowest BCUT2D eigenvalue weighted by atomic mass is 10.0. The highest BCUT2D eigenvalue weighted by atomic mass is 32.2. The van der Waals surface area contributed by atoms with Crippen molar-refractivity contribution in [1.82, 2.24) is 5.32 Å². The van der Waals surface area contributed by atoms with Crippen LogP contribution in [0.4, 0.5) is 0 Å². The number of aliphatic imine (C=N–C) groups is 1. The first-order valence-corrected chi connectivity index (χ1v) is 11.8. The molecule has 3 heteroatoms. The summed E-state index contributed by atoms with van der Waals surface area (Å²) in [5.74, 6) is 1.24. The second-order valence-electron chi connectivity index (χ2n) is 7.27. The van der Waals surface area contributed by atoms with Crippen LogP contribution in [-0.2, 0) is 0 Å². The largest absolute Gasteiger partial charge is 0.365 e. The molecule has 2 nitrogen and oxygen atoms in total. The van der Waals surface area contributed by atoms with Crippen molar-refractivity contribution in [3.05, 3.63) is 0 Å². The van der Waals surface area contributed by atoms with Gasteiger partial charge in [-0.2, -0.15) is 0 Å². The van der Waals surface area contributed by atoms with Crippen LogP contribution in [0.25, 0.3) is 0 Å². The van der Waals surface area contributed by atoms with Gasteiger partial charge < -0.3 is 5.32 Å². The lowest BCUT2D eigenvalue weighted by molar-refractivity contribution is 0.538. The van der Waals surface area contributed by atoms with Crippen LogP contribution in [0.5, 0.6) is 0 Å². The smallest absolute Gasteiger partial charge is 0.156 e. The molecule has 1 N–H and O–H groups in total. The summed E-state index contributed by atoms with van der Waals surface area (Å²) in [5.41, 5.74) is 0. The molecule has 0 atom stereocenters. The van der Waals surface area contributed by atoms with Crippen molar-refractivity contribution in [2.24, 2.45) is 4.99 Å². The molecule has 1 aliphatic heterocycles. The average Bonchev–Trinajstić information content (AvgIpc) is 2.87. The Bertz CT molecular complexity index is 292. The van der Waals surface area contributed by atoms with Gasteiger partial charge in [-0.05, 0) is 19.3 Å². The first kappa shape index (κ1) is 21.9. The normalized spacial score (nSPS) is 15.0.